The lowest BCUT2D eigenvalue weighted by Gasteiger charge is -2.26. The highest BCUT2D eigenvalue weighted by Crippen LogP contribution is 2.54. The van der Waals surface area contributed by atoms with Gasteiger partial charge in [0.25, 0.3) is 0 Å². The minimum Gasteiger partial charge on any atom is -0.356 e. The van der Waals surface area contributed by atoms with Gasteiger partial charge in [-0.15, -0.1) is 17.0 Å². The molecule has 2 bridgehead atoms. The molecule has 0 aromatic rings. The van der Waals surface area contributed by atoms with Gasteiger partial charge in [0.1, 0.15) is 0 Å². The van der Waals surface area contributed by atoms with Crippen LogP contribution in [0, 0.1) is 11.3 Å². The van der Waals surface area contributed by atoms with Gasteiger partial charge in [0, 0.05) is 18.0 Å². The molecule has 184 valence electrons. The van der Waals surface area contributed by atoms with Gasteiger partial charge in [-0.3, -0.25) is 4.79 Å². The Morgan fingerprint density at radius 1 is 0.871 bits per heavy atom. The minimum atomic E-state index is 0. The molecule has 2 saturated carbocycles. The van der Waals surface area contributed by atoms with E-state index in [-0.39, 0.29) is 22.4 Å². The molecular formula is C27H53BrN2O. The fourth-order valence-electron chi connectivity index (χ4n) is 5.94. The van der Waals surface area contributed by atoms with Gasteiger partial charge in [0.05, 0.1) is 0 Å². The topological polar surface area (TPSA) is 32.3 Å². The maximum Gasteiger partial charge on any atom is 0.226 e. The Morgan fingerprint density at radius 2 is 1.39 bits per heavy atom. The predicted octanol–water partition coefficient (Wildman–Crippen LogP) is 7.67. The predicted molar refractivity (Wildman–Crippen MR) is 140 cm³/mol. The lowest BCUT2D eigenvalue weighted by Crippen LogP contribution is -2.39. The third-order valence-corrected chi connectivity index (χ3v) is 8.09. The van der Waals surface area contributed by atoms with E-state index in [4.69, 9.17) is 0 Å². The van der Waals surface area contributed by atoms with Crippen molar-refractivity contribution in [2.24, 2.45) is 11.3 Å². The van der Waals surface area contributed by atoms with Crippen molar-refractivity contribution in [3.05, 3.63) is 0 Å². The van der Waals surface area contributed by atoms with Crippen molar-refractivity contribution < 1.29 is 4.79 Å². The second-order valence-electron chi connectivity index (χ2n) is 10.8. The molecule has 0 spiro atoms. The van der Waals surface area contributed by atoms with Gasteiger partial charge in [0.15, 0.2) is 0 Å². The average Bonchev–Trinajstić information content (AvgIpc) is 3.35. The van der Waals surface area contributed by atoms with Crippen LogP contribution in [0.5, 0.6) is 0 Å². The Hall–Kier alpha value is -0.0900. The zero-order valence-corrected chi connectivity index (χ0v) is 22.8. The quantitative estimate of drug-likeness (QED) is 0.195. The average molecular weight is 502 g/mol. The SMILES string of the molecule is Br.CCCCCCCCCCCCCC(CCCNC(=O)C12CCC(CC1)C2)N(C)C. The first-order chi connectivity index (χ1) is 14.6. The highest BCUT2D eigenvalue weighted by atomic mass is 79.9. The third-order valence-electron chi connectivity index (χ3n) is 8.09. The first-order valence-electron chi connectivity index (χ1n) is 13.5. The van der Waals surface area contributed by atoms with Crippen molar-refractivity contribution in [3.8, 4) is 0 Å². The Labute approximate surface area is 204 Å². The summed E-state index contributed by atoms with van der Waals surface area (Å²) in [5.74, 6) is 1.22. The van der Waals surface area contributed by atoms with Crippen LogP contribution in [0.25, 0.3) is 0 Å². The number of nitrogens with zero attached hydrogens (tertiary/aromatic N) is 1. The first kappa shape index (κ1) is 28.9. The van der Waals surface area contributed by atoms with Gasteiger partial charge >= 0.3 is 0 Å². The lowest BCUT2D eigenvalue weighted by atomic mass is 9.83. The maximum absolute atomic E-state index is 12.7. The van der Waals surface area contributed by atoms with Gasteiger partial charge in [-0.2, -0.15) is 0 Å². The third kappa shape index (κ3) is 10.6. The van der Waals surface area contributed by atoms with Crippen LogP contribution in [0.3, 0.4) is 0 Å². The molecule has 2 aliphatic carbocycles. The molecule has 0 saturated heterocycles. The van der Waals surface area contributed by atoms with E-state index in [9.17, 15) is 4.79 Å². The summed E-state index contributed by atoms with van der Waals surface area (Å²) in [4.78, 5) is 15.1. The molecule has 2 aliphatic rings. The Morgan fingerprint density at radius 3 is 1.87 bits per heavy atom. The van der Waals surface area contributed by atoms with Crippen LogP contribution in [-0.4, -0.2) is 37.5 Å². The fraction of sp³-hybridized carbons (Fsp3) is 0.963. The number of amides is 1. The lowest BCUT2D eigenvalue weighted by molar-refractivity contribution is -0.130. The number of hydrogen-bond acceptors (Lipinski definition) is 2. The number of fused-ring (bicyclic) bond motifs is 2. The van der Waals surface area contributed by atoms with E-state index in [0.717, 1.165) is 38.1 Å². The zero-order valence-electron chi connectivity index (χ0n) is 21.1. The number of rotatable bonds is 18. The second-order valence-corrected chi connectivity index (χ2v) is 10.8. The van der Waals surface area contributed by atoms with Crippen LogP contribution in [-0.2, 0) is 4.79 Å². The van der Waals surface area contributed by atoms with E-state index < -0.39 is 0 Å². The molecule has 2 fully saturated rings. The minimum absolute atomic E-state index is 0. The summed E-state index contributed by atoms with van der Waals surface area (Å²) in [6.07, 6.45) is 25.2. The van der Waals surface area contributed by atoms with Gasteiger partial charge in [0.2, 0.25) is 5.91 Å². The first-order valence-corrected chi connectivity index (χ1v) is 13.5. The van der Waals surface area contributed by atoms with Crippen LogP contribution in [0.4, 0.5) is 0 Å². The van der Waals surface area contributed by atoms with E-state index in [1.54, 1.807) is 0 Å². The van der Waals surface area contributed by atoms with Crippen molar-refractivity contribution in [3.63, 3.8) is 0 Å². The number of carbonyl (C=O) groups is 1. The van der Waals surface area contributed by atoms with Crippen LogP contribution in [0.2, 0.25) is 0 Å². The molecule has 1 atom stereocenters. The molecule has 0 aliphatic heterocycles. The number of nitrogens with one attached hydrogen (secondary N) is 1. The molecule has 31 heavy (non-hydrogen) atoms. The Kier molecular flexibility index (Phi) is 15.4. The smallest absolute Gasteiger partial charge is 0.226 e. The normalized spacial score (nSPS) is 23.2. The summed E-state index contributed by atoms with van der Waals surface area (Å²) in [5, 5.41) is 3.29. The molecule has 0 aromatic heterocycles. The van der Waals surface area contributed by atoms with E-state index in [1.165, 1.54) is 96.3 Å². The van der Waals surface area contributed by atoms with Crippen molar-refractivity contribution in [2.75, 3.05) is 20.6 Å². The molecule has 1 N–H and O–H groups in total. The Bertz CT molecular complexity index is 460. The number of halogens is 1. The molecule has 1 unspecified atom stereocenters. The van der Waals surface area contributed by atoms with Crippen molar-refractivity contribution in [2.45, 2.75) is 135 Å². The highest BCUT2D eigenvalue weighted by Gasteiger charge is 2.49. The van der Waals surface area contributed by atoms with Crippen LogP contribution < -0.4 is 5.32 Å². The second kappa shape index (κ2) is 16.5. The summed E-state index contributed by atoms with van der Waals surface area (Å²) in [6, 6.07) is 0.668. The summed E-state index contributed by atoms with van der Waals surface area (Å²) >= 11 is 0. The molecular weight excluding hydrogens is 448 g/mol. The summed E-state index contributed by atoms with van der Waals surface area (Å²) < 4.78 is 0. The zero-order chi connectivity index (χ0) is 21.7. The van der Waals surface area contributed by atoms with Crippen LogP contribution in [0.15, 0.2) is 0 Å². The fourth-order valence-corrected chi connectivity index (χ4v) is 5.94. The molecule has 3 nitrogen and oxygen atoms in total. The van der Waals surface area contributed by atoms with Gasteiger partial charge in [-0.05, 0) is 71.4 Å². The monoisotopic (exact) mass is 500 g/mol. The summed E-state index contributed by atoms with van der Waals surface area (Å²) in [7, 11) is 4.44. The van der Waals surface area contributed by atoms with E-state index in [2.05, 4.69) is 31.2 Å². The molecule has 4 heteroatoms. The van der Waals surface area contributed by atoms with Gasteiger partial charge < -0.3 is 10.2 Å². The standard InChI is InChI=1S/C27H52N2O.BrH/c1-4-5-6-7-8-9-10-11-12-13-14-16-25(29(2)3)17-15-22-28-26(30)27-20-18-24(23-27)19-21-27;/h24-25H,4-23H2,1-3H3,(H,28,30);1H. The van der Waals surface area contributed by atoms with E-state index in [0.29, 0.717) is 11.9 Å². The van der Waals surface area contributed by atoms with Gasteiger partial charge in [-0.25, -0.2) is 0 Å². The van der Waals surface area contributed by atoms with E-state index in [1.807, 2.05) is 0 Å². The molecule has 0 aromatic carbocycles. The van der Waals surface area contributed by atoms with Crippen LogP contribution in [0.1, 0.15) is 129 Å². The Balaban J connectivity index is 0.00000480. The molecule has 0 radical (unpaired) electrons. The number of unbranched alkanes of at least 4 members (excludes halogenated alkanes) is 10. The van der Waals surface area contributed by atoms with Crippen molar-refractivity contribution >= 4 is 22.9 Å². The van der Waals surface area contributed by atoms with Crippen molar-refractivity contribution in [1.29, 1.82) is 0 Å². The number of hydrogen-bond donors (Lipinski definition) is 1. The number of carbonyl (C=O) groups excluding carboxylic acids is 1. The van der Waals surface area contributed by atoms with Crippen molar-refractivity contribution in [1.82, 2.24) is 10.2 Å². The summed E-state index contributed by atoms with van der Waals surface area (Å²) in [5.41, 5.74) is 0.0289. The summed E-state index contributed by atoms with van der Waals surface area (Å²) in [6.45, 7) is 3.16. The highest BCUT2D eigenvalue weighted by molar-refractivity contribution is 8.93. The van der Waals surface area contributed by atoms with Crippen LogP contribution >= 0.6 is 17.0 Å². The molecule has 0 heterocycles. The van der Waals surface area contributed by atoms with E-state index >= 15 is 0 Å². The maximum atomic E-state index is 12.7. The largest absolute Gasteiger partial charge is 0.356 e. The van der Waals surface area contributed by atoms with Gasteiger partial charge in [-0.1, -0.05) is 77.6 Å². The molecule has 2 rings (SSSR count). The molecule has 1 amide bonds.